The Labute approximate surface area is 240 Å². The summed E-state index contributed by atoms with van der Waals surface area (Å²) < 4.78 is 0. The number of hydrogen-bond acceptors (Lipinski definition) is 10. The van der Waals surface area contributed by atoms with Crippen LogP contribution in [0, 0.1) is 0 Å². The van der Waals surface area contributed by atoms with E-state index in [-0.39, 0.29) is 30.6 Å². The minimum atomic E-state index is -1.16. The molecule has 0 aliphatic carbocycles. The fourth-order valence-corrected chi connectivity index (χ4v) is 4.10. The molecule has 14 heteroatoms. The van der Waals surface area contributed by atoms with E-state index >= 15 is 0 Å². The molecule has 2 amide bonds. The van der Waals surface area contributed by atoms with Crippen LogP contribution >= 0.6 is 11.6 Å². The molecule has 0 saturated carbocycles. The normalized spacial score (nSPS) is 11.6. The third-order valence-electron chi connectivity index (χ3n) is 6.14. The average Bonchev–Trinajstić information content (AvgIpc) is 2.95. The number of benzene rings is 2. The number of amides is 2. The maximum absolute atomic E-state index is 12.7. The highest BCUT2D eigenvalue weighted by atomic mass is 35.5. The Hall–Kier alpha value is -5.04. The number of carboxylic acids is 1. The van der Waals surface area contributed by atoms with Crippen molar-refractivity contribution in [3.05, 3.63) is 76.6 Å². The number of hydrogen-bond donors (Lipinski definition) is 5. The van der Waals surface area contributed by atoms with Crippen LogP contribution in [-0.2, 0) is 11.3 Å². The fourth-order valence-electron chi connectivity index (χ4n) is 3.97. The van der Waals surface area contributed by atoms with E-state index < -0.39 is 17.9 Å². The molecule has 0 bridgehead atoms. The second-order valence-corrected chi connectivity index (χ2v) is 9.61. The van der Waals surface area contributed by atoms with Gasteiger partial charge in [0.1, 0.15) is 6.04 Å². The van der Waals surface area contributed by atoms with Crippen LogP contribution in [0.15, 0.2) is 54.7 Å². The summed E-state index contributed by atoms with van der Waals surface area (Å²) in [5, 5.41) is 15.4. The van der Waals surface area contributed by atoms with E-state index in [1.807, 2.05) is 11.9 Å². The number of halogens is 1. The van der Waals surface area contributed by atoms with Crippen molar-refractivity contribution in [1.29, 1.82) is 0 Å². The first-order valence-corrected chi connectivity index (χ1v) is 12.9. The molecule has 41 heavy (non-hydrogen) atoms. The minimum absolute atomic E-state index is 0.0201. The van der Waals surface area contributed by atoms with Gasteiger partial charge in [0.15, 0.2) is 17.0 Å². The van der Waals surface area contributed by atoms with E-state index in [1.165, 1.54) is 0 Å². The number of carboxylic acid groups (broad SMARTS) is 1. The first-order chi connectivity index (χ1) is 19.6. The second-order valence-electron chi connectivity index (χ2n) is 9.17. The molecule has 2 heterocycles. The van der Waals surface area contributed by atoms with Crippen LogP contribution in [0.5, 0.6) is 0 Å². The highest BCUT2D eigenvalue weighted by Crippen LogP contribution is 2.19. The summed E-state index contributed by atoms with van der Waals surface area (Å²) in [6, 6.07) is 12.0. The molecule has 0 radical (unpaired) electrons. The molecular formula is C27H28ClN9O4. The Morgan fingerprint density at radius 3 is 2.32 bits per heavy atom. The summed E-state index contributed by atoms with van der Waals surface area (Å²) in [4.78, 5) is 55.2. The lowest BCUT2D eigenvalue weighted by Gasteiger charge is -2.19. The van der Waals surface area contributed by atoms with Crippen molar-refractivity contribution < 1.29 is 19.5 Å². The largest absolute Gasteiger partial charge is 0.480 e. The third kappa shape index (κ3) is 7.54. The van der Waals surface area contributed by atoms with Gasteiger partial charge in [-0.15, -0.1) is 0 Å². The maximum atomic E-state index is 12.7. The molecule has 1 unspecified atom stereocenters. The number of nitrogens with one attached hydrogen (secondary N) is 2. The summed E-state index contributed by atoms with van der Waals surface area (Å²) in [6.07, 6.45) is 2.06. The highest BCUT2D eigenvalue weighted by molar-refractivity contribution is 6.30. The smallest absolute Gasteiger partial charge is 0.326 e. The molecule has 212 valence electrons. The SMILES string of the molecule is CN(Cc1cnc2nc(N)nc(N)c2n1)c1ccc(C(=O)NC(CCCNC(=O)c2ccc(Cl)cc2)C(=O)O)cc1. The van der Waals surface area contributed by atoms with Gasteiger partial charge >= 0.3 is 5.97 Å². The van der Waals surface area contributed by atoms with E-state index in [0.29, 0.717) is 46.0 Å². The lowest BCUT2D eigenvalue weighted by atomic mass is 10.1. The molecule has 0 aliphatic rings. The Morgan fingerprint density at radius 1 is 0.976 bits per heavy atom. The summed E-state index contributed by atoms with van der Waals surface area (Å²) in [7, 11) is 1.84. The number of aromatic nitrogens is 4. The van der Waals surface area contributed by atoms with Crippen LogP contribution in [0.4, 0.5) is 17.5 Å². The Kier molecular flexibility index (Phi) is 9.09. The molecule has 13 nitrogen and oxygen atoms in total. The van der Waals surface area contributed by atoms with Crippen molar-refractivity contribution in [2.24, 2.45) is 0 Å². The lowest BCUT2D eigenvalue weighted by molar-refractivity contribution is -0.139. The number of nitrogen functional groups attached to an aromatic ring is 2. The summed E-state index contributed by atoms with van der Waals surface area (Å²) in [5.41, 5.74) is 14.3. The van der Waals surface area contributed by atoms with Gasteiger partial charge in [-0.3, -0.25) is 9.59 Å². The third-order valence-corrected chi connectivity index (χ3v) is 6.39. The summed E-state index contributed by atoms with van der Waals surface area (Å²) in [6.45, 7) is 0.630. The number of anilines is 3. The van der Waals surface area contributed by atoms with Crippen molar-refractivity contribution in [2.75, 3.05) is 30.0 Å². The molecular weight excluding hydrogens is 550 g/mol. The van der Waals surface area contributed by atoms with Crippen LogP contribution in [0.3, 0.4) is 0 Å². The number of rotatable bonds is 11. The van der Waals surface area contributed by atoms with Gasteiger partial charge in [0.05, 0.1) is 18.4 Å². The Morgan fingerprint density at radius 2 is 1.63 bits per heavy atom. The maximum Gasteiger partial charge on any atom is 0.326 e. The molecule has 0 saturated heterocycles. The van der Waals surface area contributed by atoms with Crippen LogP contribution in [0.1, 0.15) is 39.3 Å². The van der Waals surface area contributed by atoms with Gasteiger partial charge in [0.2, 0.25) is 5.95 Å². The van der Waals surface area contributed by atoms with Crippen molar-refractivity contribution in [2.45, 2.75) is 25.4 Å². The van der Waals surface area contributed by atoms with Crippen molar-refractivity contribution in [3.8, 4) is 0 Å². The van der Waals surface area contributed by atoms with Crippen LogP contribution < -0.4 is 27.0 Å². The van der Waals surface area contributed by atoms with Crippen LogP contribution in [-0.4, -0.2) is 62.5 Å². The molecule has 2 aromatic carbocycles. The van der Waals surface area contributed by atoms with Crippen LogP contribution in [0.2, 0.25) is 5.02 Å². The second kappa shape index (κ2) is 12.9. The van der Waals surface area contributed by atoms with Gasteiger partial charge < -0.3 is 32.1 Å². The van der Waals surface area contributed by atoms with Crippen molar-refractivity contribution in [3.63, 3.8) is 0 Å². The standard InChI is InChI=1S/C27H28ClN9O4/c1-37(14-18-13-32-23-21(33-18)22(29)35-27(30)36-23)19-10-6-16(7-11-19)25(39)34-20(26(40)41)3-2-12-31-24(38)15-4-8-17(28)9-5-15/h4-11,13,20H,2-3,12,14H2,1H3,(H,31,38)(H,34,39)(H,40,41)(H4,29,30,32,35,36). The molecule has 2 aromatic heterocycles. The number of nitrogens with two attached hydrogens (primary N) is 2. The lowest BCUT2D eigenvalue weighted by Crippen LogP contribution is -2.41. The van der Waals surface area contributed by atoms with Crippen molar-refractivity contribution >= 4 is 58.0 Å². The summed E-state index contributed by atoms with van der Waals surface area (Å²) in [5.74, 6) is -1.82. The molecule has 0 aliphatic heterocycles. The van der Waals surface area contributed by atoms with E-state index in [0.717, 1.165) is 5.69 Å². The number of carbonyl (C=O) groups is 3. The quantitative estimate of drug-likeness (QED) is 0.164. The number of carbonyl (C=O) groups excluding carboxylic acids is 2. The first kappa shape index (κ1) is 29.0. The van der Waals surface area contributed by atoms with E-state index in [2.05, 4.69) is 30.6 Å². The molecule has 0 spiro atoms. The average molecular weight is 578 g/mol. The van der Waals surface area contributed by atoms with Gasteiger partial charge in [-0.05, 0) is 61.4 Å². The highest BCUT2D eigenvalue weighted by Gasteiger charge is 2.21. The molecule has 4 rings (SSSR count). The van der Waals surface area contributed by atoms with E-state index in [1.54, 1.807) is 54.7 Å². The predicted octanol–water partition coefficient (Wildman–Crippen LogP) is 2.27. The summed E-state index contributed by atoms with van der Waals surface area (Å²) >= 11 is 5.83. The molecule has 7 N–H and O–H groups in total. The number of fused-ring (bicyclic) bond motifs is 1. The monoisotopic (exact) mass is 577 g/mol. The van der Waals surface area contributed by atoms with Gasteiger partial charge in [-0.1, -0.05) is 11.6 Å². The van der Waals surface area contributed by atoms with Crippen molar-refractivity contribution in [1.82, 2.24) is 30.6 Å². The zero-order chi connectivity index (χ0) is 29.5. The molecule has 1 atom stereocenters. The fraction of sp³-hybridized carbons (Fsp3) is 0.222. The van der Waals surface area contributed by atoms with Gasteiger partial charge in [0, 0.05) is 35.4 Å². The molecule has 4 aromatic rings. The van der Waals surface area contributed by atoms with Crippen LogP contribution in [0.25, 0.3) is 11.2 Å². The zero-order valence-corrected chi connectivity index (χ0v) is 22.8. The Bertz CT molecular complexity index is 1570. The number of nitrogens with zero attached hydrogens (tertiary/aromatic N) is 5. The van der Waals surface area contributed by atoms with Gasteiger partial charge in [0.25, 0.3) is 11.8 Å². The van der Waals surface area contributed by atoms with E-state index in [4.69, 9.17) is 23.1 Å². The first-order valence-electron chi connectivity index (χ1n) is 12.5. The zero-order valence-electron chi connectivity index (χ0n) is 22.0. The minimum Gasteiger partial charge on any atom is -0.480 e. The van der Waals surface area contributed by atoms with Gasteiger partial charge in [-0.2, -0.15) is 9.97 Å². The molecule has 0 fully saturated rings. The topological polar surface area (TPSA) is 202 Å². The van der Waals surface area contributed by atoms with E-state index in [9.17, 15) is 19.5 Å². The van der Waals surface area contributed by atoms with Gasteiger partial charge in [-0.25, -0.2) is 14.8 Å². The predicted molar refractivity (Wildman–Crippen MR) is 154 cm³/mol. The number of aliphatic carboxylic acids is 1. The Balaban J connectivity index is 1.29.